The average Bonchev–Trinajstić information content (AvgIpc) is 1.84. The van der Waals surface area contributed by atoms with Crippen LogP contribution in [0.1, 0.15) is 13.3 Å². The van der Waals surface area contributed by atoms with Gasteiger partial charge in [-0.1, -0.05) is 6.58 Å². The van der Waals surface area contributed by atoms with Crippen molar-refractivity contribution in [2.75, 3.05) is 0 Å². The van der Waals surface area contributed by atoms with Gasteiger partial charge in [0.15, 0.2) is 5.78 Å². The molecule has 0 saturated carbocycles. The van der Waals surface area contributed by atoms with Crippen LogP contribution in [0.25, 0.3) is 0 Å². The first kappa shape index (κ1) is 9.55. The zero-order valence-electron chi connectivity index (χ0n) is 6.22. The summed E-state index contributed by atoms with van der Waals surface area (Å²) >= 11 is 0. The van der Waals surface area contributed by atoms with Gasteiger partial charge in [0.2, 0.25) is 0 Å². The van der Waals surface area contributed by atoms with Crippen LogP contribution >= 0.6 is 0 Å². The van der Waals surface area contributed by atoms with E-state index in [2.05, 4.69) is 6.58 Å². The van der Waals surface area contributed by atoms with Crippen LogP contribution in [0.5, 0.6) is 0 Å². The zero-order chi connectivity index (χ0) is 9.02. The number of ketones is 2. The molecule has 11 heavy (non-hydrogen) atoms. The SMILES string of the molecule is C=C(C(N)=O)C(=O)CC(C)=O. The second-order valence-electron chi connectivity index (χ2n) is 2.14. The Balaban J connectivity index is 4.16. The fourth-order valence-electron chi connectivity index (χ4n) is 0.470. The summed E-state index contributed by atoms with van der Waals surface area (Å²) in [5.74, 6) is -1.79. The molecule has 0 unspecified atom stereocenters. The molecule has 0 aliphatic carbocycles. The standard InChI is InChI=1S/C7H9NO3/c1-4(9)3-6(10)5(2)7(8)11/h2-3H2,1H3,(H2,8,11). The molecule has 0 aliphatic heterocycles. The molecule has 0 aromatic rings. The average molecular weight is 155 g/mol. The maximum atomic E-state index is 10.8. The lowest BCUT2D eigenvalue weighted by Crippen LogP contribution is -2.20. The van der Waals surface area contributed by atoms with Crippen molar-refractivity contribution in [1.29, 1.82) is 0 Å². The zero-order valence-corrected chi connectivity index (χ0v) is 6.22. The quantitative estimate of drug-likeness (QED) is 0.340. The summed E-state index contributed by atoms with van der Waals surface area (Å²) in [4.78, 5) is 31.5. The van der Waals surface area contributed by atoms with Crippen LogP contribution in [0.3, 0.4) is 0 Å². The van der Waals surface area contributed by atoms with Crippen molar-refractivity contribution in [3.63, 3.8) is 0 Å². The van der Waals surface area contributed by atoms with Crippen molar-refractivity contribution in [2.24, 2.45) is 5.73 Å². The van der Waals surface area contributed by atoms with Crippen LogP contribution in [0, 0.1) is 0 Å². The van der Waals surface area contributed by atoms with E-state index >= 15 is 0 Å². The first-order valence-electron chi connectivity index (χ1n) is 2.96. The van der Waals surface area contributed by atoms with Gasteiger partial charge >= 0.3 is 0 Å². The van der Waals surface area contributed by atoms with E-state index in [0.717, 1.165) is 0 Å². The Morgan fingerprint density at radius 2 is 1.82 bits per heavy atom. The summed E-state index contributed by atoms with van der Waals surface area (Å²) in [7, 11) is 0. The number of carbonyl (C=O) groups is 3. The number of carbonyl (C=O) groups excluding carboxylic acids is 3. The van der Waals surface area contributed by atoms with Gasteiger partial charge in [-0.2, -0.15) is 0 Å². The van der Waals surface area contributed by atoms with Gasteiger partial charge in [-0.3, -0.25) is 14.4 Å². The molecule has 0 saturated heterocycles. The van der Waals surface area contributed by atoms with Crippen molar-refractivity contribution >= 4 is 17.5 Å². The van der Waals surface area contributed by atoms with Gasteiger partial charge in [-0.05, 0) is 6.92 Å². The Hall–Kier alpha value is -1.45. The highest BCUT2D eigenvalue weighted by Crippen LogP contribution is 1.96. The predicted octanol–water partition coefficient (Wildman–Crippen LogP) is -0.424. The van der Waals surface area contributed by atoms with E-state index in [1.807, 2.05) is 0 Å². The summed E-state index contributed by atoms with van der Waals surface area (Å²) < 4.78 is 0. The molecule has 0 aromatic carbocycles. The van der Waals surface area contributed by atoms with E-state index in [1.54, 1.807) is 0 Å². The fourth-order valence-corrected chi connectivity index (χ4v) is 0.470. The van der Waals surface area contributed by atoms with Gasteiger partial charge in [0.05, 0.1) is 12.0 Å². The smallest absolute Gasteiger partial charge is 0.251 e. The van der Waals surface area contributed by atoms with Gasteiger partial charge < -0.3 is 5.73 Å². The first-order valence-corrected chi connectivity index (χ1v) is 2.96. The minimum atomic E-state index is -0.878. The molecular formula is C7H9NO3. The molecule has 0 bridgehead atoms. The molecule has 0 radical (unpaired) electrons. The Morgan fingerprint density at radius 1 is 1.36 bits per heavy atom. The molecule has 2 N–H and O–H groups in total. The van der Waals surface area contributed by atoms with Crippen molar-refractivity contribution in [3.8, 4) is 0 Å². The largest absolute Gasteiger partial charge is 0.366 e. The summed E-state index contributed by atoms with van der Waals surface area (Å²) in [6.45, 7) is 4.39. The third kappa shape index (κ3) is 3.30. The molecule has 1 amide bonds. The van der Waals surface area contributed by atoms with E-state index in [-0.39, 0.29) is 17.8 Å². The highest BCUT2D eigenvalue weighted by atomic mass is 16.2. The molecule has 0 aromatic heterocycles. The van der Waals surface area contributed by atoms with Crippen LogP contribution < -0.4 is 5.73 Å². The van der Waals surface area contributed by atoms with Gasteiger partial charge in [-0.25, -0.2) is 0 Å². The molecule has 4 nitrogen and oxygen atoms in total. The second kappa shape index (κ2) is 3.65. The lowest BCUT2D eigenvalue weighted by molar-refractivity contribution is -0.125. The van der Waals surface area contributed by atoms with E-state index in [0.29, 0.717) is 0 Å². The number of nitrogens with two attached hydrogens (primary N) is 1. The monoisotopic (exact) mass is 155 g/mol. The lowest BCUT2D eigenvalue weighted by atomic mass is 10.1. The molecule has 0 atom stereocenters. The van der Waals surface area contributed by atoms with Crippen LogP contribution in [0.2, 0.25) is 0 Å². The highest BCUT2D eigenvalue weighted by Gasteiger charge is 2.13. The summed E-state index contributed by atoms with van der Waals surface area (Å²) in [6.07, 6.45) is -0.304. The molecule has 0 heterocycles. The van der Waals surface area contributed by atoms with Crippen LogP contribution in [-0.2, 0) is 14.4 Å². The lowest BCUT2D eigenvalue weighted by Gasteiger charge is -1.95. The Kier molecular flexibility index (Phi) is 3.17. The summed E-state index contributed by atoms with van der Waals surface area (Å²) in [6, 6.07) is 0. The van der Waals surface area contributed by atoms with Crippen molar-refractivity contribution < 1.29 is 14.4 Å². The molecule has 60 valence electrons. The minimum absolute atomic E-state index is 0.304. The van der Waals surface area contributed by atoms with Crippen LogP contribution in [0.4, 0.5) is 0 Å². The van der Waals surface area contributed by atoms with Crippen molar-refractivity contribution in [1.82, 2.24) is 0 Å². The normalized spacial score (nSPS) is 8.82. The van der Waals surface area contributed by atoms with E-state index in [4.69, 9.17) is 5.73 Å². The maximum absolute atomic E-state index is 10.8. The number of rotatable bonds is 4. The van der Waals surface area contributed by atoms with Gasteiger partial charge in [0.25, 0.3) is 5.91 Å². The third-order valence-electron chi connectivity index (χ3n) is 1.04. The number of primary amides is 1. The van der Waals surface area contributed by atoms with Crippen molar-refractivity contribution in [3.05, 3.63) is 12.2 Å². The van der Waals surface area contributed by atoms with Gasteiger partial charge in [-0.15, -0.1) is 0 Å². The molecule has 0 aliphatic rings. The molecular weight excluding hydrogens is 146 g/mol. The number of hydrogen-bond acceptors (Lipinski definition) is 3. The van der Waals surface area contributed by atoms with Crippen molar-refractivity contribution in [2.45, 2.75) is 13.3 Å². The van der Waals surface area contributed by atoms with E-state index < -0.39 is 11.7 Å². The molecule has 0 spiro atoms. The molecule has 4 heteroatoms. The number of Topliss-reactive ketones (excluding diaryl/α,β-unsaturated/α-hetero) is 2. The third-order valence-corrected chi connectivity index (χ3v) is 1.04. The first-order chi connectivity index (χ1) is 4.95. The second-order valence-corrected chi connectivity index (χ2v) is 2.14. The summed E-state index contributed by atoms with van der Waals surface area (Å²) in [5.41, 5.74) is 4.42. The van der Waals surface area contributed by atoms with Gasteiger partial charge in [0, 0.05) is 0 Å². The Labute approximate surface area is 64.1 Å². The van der Waals surface area contributed by atoms with E-state index in [9.17, 15) is 14.4 Å². The topological polar surface area (TPSA) is 77.2 Å². The Morgan fingerprint density at radius 3 is 2.09 bits per heavy atom. The van der Waals surface area contributed by atoms with Crippen LogP contribution in [-0.4, -0.2) is 17.5 Å². The predicted molar refractivity (Wildman–Crippen MR) is 38.6 cm³/mol. The number of hydrogen-bond donors (Lipinski definition) is 1. The maximum Gasteiger partial charge on any atom is 0.251 e. The van der Waals surface area contributed by atoms with Gasteiger partial charge in [0.1, 0.15) is 5.78 Å². The fraction of sp³-hybridized carbons (Fsp3) is 0.286. The highest BCUT2D eigenvalue weighted by molar-refractivity contribution is 6.22. The molecule has 0 rings (SSSR count). The molecule has 0 fully saturated rings. The Bertz CT molecular complexity index is 230. The van der Waals surface area contributed by atoms with E-state index in [1.165, 1.54) is 6.92 Å². The number of amides is 1. The summed E-state index contributed by atoms with van der Waals surface area (Å²) in [5, 5.41) is 0. The minimum Gasteiger partial charge on any atom is -0.366 e. The van der Waals surface area contributed by atoms with Crippen LogP contribution in [0.15, 0.2) is 12.2 Å².